The average Bonchev–Trinajstić information content (AvgIpc) is 3.09. The molecule has 1 aromatic carbocycles. The molecule has 0 fully saturated rings. The van der Waals surface area contributed by atoms with E-state index in [4.69, 9.17) is 9.47 Å². The molecule has 0 aliphatic rings. The minimum Gasteiger partial charge on any atom is -0.444 e. The van der Waals surface area contributed by atoms with E-state index in [1.165, 1.54) is 0 Å². The highest BCUT2D eigenvalue weighted by Gasteiger charge is 2.21. The van der Waals surface area contributed by atoms with Gasteiger partial charge in [0, 0.05) is 18.9 Å². The first-order valence-electron chi connectivity index (χ1n) is 9.98. The van der Waals surface area contributed by atoms with Crippen molar-refractivity contribution in [1.29, 1.82) is 0 Å². The first-order chi connectivity index (χ1) is 14.4. The van der Waals surface area contributed by atoms with Crippen LogP contribution in [0.4, 0.5) is 9.59 Å². The number of amides is 2. The summed E-state index contributed by atoms with van der Waals surface area (Å²) in [7, 11) is 0. The Balaban J connectivity index is 2.12. The Kier molecular flexibility index (Phi) is 7.79. The average molecular weight is 430 g/mol. The second-order valence-electron chi connectivity index (χ2n) is 8.97. The number of carbonyl (C=O) groups is 2. The summed E-state index contributed by atoms with van der Waals surface area (Å²) < 4.78 is 12.5. The fourth-order valence-electron chi connectivity index (χ4n) is 2.50. The summed E-state index contributed by atoms with van der Waals surface area (Å²) in [4.78, 5) is 32.7. The van der Waals surface area contributed by atoms with E-state index in [1.807, 2.05) is 35.0 Å². The Morgan fingerprint density at radius 2 is 1.58 bits per heavy atom. The molecule has 0 saturated carbocycles. The van der Waals surface area contributed by atoms with E-state index in [-0.39, 0.29) is 12.5 Å². The van der Waals surface area contributed by atoms with Gasteiger partial charge in [0.05, 0.1) is 12.9 Å². The molecule has 9 heteroatoms. The Morgan fingerprint density at radius 1 is 1.00 bits per heavy atom. The van der Waals surface area contributed by atoms with E-state index >= 15 is 0 Å². The van der Waals surface area contributed by atoms with Crippen LogP contribution in [-0.2, 0) is 22.6 Å². The molecule has 0 spiro atoms. The number of hydrogen-bond acceptors (Lipinski definition) is 6. The number of imidazole rings is 1. The maximum absolute atomic E-state index is 12.2. The summed E-state index contributed by atoms with van der Waals surface area (Å²) in [6.45, 7) is 11.4. The Morgan fingerprint density at radius 3 is 2.10 bits per heavy atom. The Labute approximate surface area is 182 Å². The van der Waals surface area contributed by atoms with E-state index < -0.39 is 23.4 Å². The zero-order chi connectivity index (χ0) is 23.1. The van der Waals surface area contributed by atoms with Crippen molar-refractivity contribution in [2.45, 2.75) is 65.8 Å². The van der Waals surface area contributed by atoms with Crippen LogP contribution < -0.4 is 10.6 Å². The molecular weight excluding hydrogens is 398 g/mol. The largest absolute Gasteiger partial charge is 0.444 e. The van der Waals surface area contributed by atoms with Crippen molar-refractivity contribution in [1.82, 2.24) is 20.2 Å². The van der Waals surface area contributed by atoms with Crippen molar-refractivity contribution in [3.63, 3.8) is 0 Å². The third kappa shape index (κ3) is 9.79. The maximum atomic E-state index is 12.2. The number of alkyl carbamates (subject to hydrolysis) is 2. The van der Waals surface area contributed by atoms with Crippen LogP contribution in [0.3, 0.4) is 0 Å². The second kappa shape index (κ2) is 10.1. The van der Waals surface area contributed by atoms with E-state index in [1.54, 1.807) is 54.1 Å². The predicted octanol–water partition coefficient (Wildman–Crippen LogP) is 3.84. The lowest BCUT2D eigenvalue weighted by molar-refractivity contribution is 0.0545. The molecule has 0 aliphatic heterocycles. The molecule has 0 unspecified atom stereocenters. The van der Waals surface area contributed by atoms with Gasteiger partial charge in [-0.15, -0.1) is 0 Å². The van der Waals surface area contributed by atoms with Gasteiger partial charge in [-0.05, 0) is 52.7 Å². The number of carbonyl (C=O) groups excluding carboxylic acids is 2. The first-order valence-corrected chi connectivity index (χ1v) is 9.98. The summed E-state index contributed by atoms with van der Waals surface area (Å²) in [5, 5.41) is 4.95. The smallest absolute Gasteiger partial charge is 0.414 e. The molecule has 0 bridgehead atoms. The number of guanidine groups is 1. The number of nitrogens with zero attached hydrogens (tertiary/aromatic N) is 3. The SMILES string of the molecule is CC(C)(C)OC(=O)NC(=NCc1cccc(Cn2ccnc2)c1)NC(=O)OC(C)(C)C. The third-order valence-electron chi connectivity index (χ3n) is 3.57. The number of aliphatic imine (C=N–C) groups is 1. The quantitative estimate of drug-likeness (QED) is 0.567. The molecule has 2 rings (SSSR count). The van der Waals surface area contributed by atoms with Gasteiger partial charge in [0.25, 0.3) is 0 Å². The van der Waals surface area contributed by atoms with Gasteiger partial charge in [0.1, 0.15) is 11.2 Å². The predicted molar refractivity (Wildman–Crippen MR) is 118 cm³/mol. The minimum absolute atomic E-state index is 0.0523. The maximum Gasteiger partial charge on any atom is 0.414 e. The van der Waals surface area contributed by atoms with Crippen LogP contribution in [0.2, 0.25) is 0 Å². The summed E-state index contributed by atoms with van der Waals surface area (Å²) in [6, 6.07) is 7.85. The standard InChI is InChI=1S/C22H31N5O4/c1-21(2,3)30-19(28)25-18(26-20(29)31-22(4,5)6)24-13-16-8-7-9-17(12-16)14-27-11-10-23-15-27/h7-12,15H,13-14H2,1-6H3,(H2,24,25,26,28,29). The van der Waals surface area contributed by atoms with E-state index in [0.29, 0.717) is 6.54 Å². The number of nitrogens with one attached hydrogen (secondary N) is 2. The highest BCUT2D eigenvalue weighted by molar-refractivity contribution is 6.01. The Bertz CT molecular complexity index is 877. The summed E-state index contributed by atoms with van der Waals surface area (Å²) in [5.74, 6) is -0.0523. The number of rotatable bonds is 4. The molecule has 0 radical (unpaired) electrons. The zero-order valence-electron chi connectivity index (χ0n) is 18.9. The van der Waals surface area contributed by atoms with Crippen molar-refractivity contribution < 1.29 is 19.1 Å². The number of aromatic nitrogens is 2. The Hall–Kier alpha value is -3.36. The fraction of sp³-hybridized carbons (Fsp3) is 0.455. The molecule has 2 aromatic rings. The molecule has 1 aromatic heterocycles. The van der Waals surface area contributed by atoms with Gasteiger partial charge in [-0.1, -0.05) is 24.3 Å². The molecule has 1 heterocycles. The van der Waals surface area contributed by atoms with E-state index in [0.717, 1.165) is 11.1 Å². The van der Waals surface area contributed by atoms with Crippen molar-refractivity contribution in [2.24, 2.45) is 4.99 Å². The van der Waals surface area contributed by atoms with Crippen LogP contribution in [0, 0.1) is 0 Å². The van der Waals surface area contributed by atoms with Gasteiger partial charge in [0.15, 0.2) is 0 Å². The lowest BCUT2D eigenvalue weighted by Crippen LogP contribution is -2.47. The zero-order valence-corrected chi connectivity index (χ0v) is 18.9. The molecule has 9 nitrogen and oxygen atoms in total. The molecular formula is C22H31N5O4. The molecule has 2 N–H and O–H groups in total. The lowest BCUT2D eigenvalue weighted by atomic mass is 10.1. The van der Waals surface area contributed by atoms with Crippen LogP contribution >= 0.6 is 0 Å². The van der Waals surface area contributed by atoms with Gasteiger partial charge in [0.2, 0.25) is 5.96 Å². The van der Waals surface area contributed by atoms with Crippen molar-refractivity contribution in [2.75, 3.05) is 0 Å². The van der Waals surface area contributed by atoms with Crippen LogP contribution in [0.25, 0.3) is 0 Å². The van der Waals surface area contributed by atoms with Gasteiger partial charge in [-0.3, -0.25) is 10.6 Å². The van der Waals surface area contributed by atoms with Crippen molar-refractivity contribution in [3.8, 4) is 0 Å². The van der Waals surface area contributed by atoms with Crippen LogP contribution in [0.1, 0.15) is 52.7 Å². The third-order valence-corrected chi connectivity index (χ3v) is 3.57. The fourth-order valence-corrected chi connectivity index (χ4v) is 2.50. The molecule has 168 valence electrons. The highest BCUT2D eigenvalue weighted by atomic mass is 16.6. The summed E-state index contributed by atoms with van der Waals surface area (Å²) in [5.41, 5.74) is 0.602. The first kappa shape index (κ1) is 23.9. The van der Waals surface area contributed by atoms with Gasteiger partial charge >= 0.3 is 12.2 Å². The second-order valence-corrected chi connectivity index (χ2v) is 8.97. The highest BCUT2D eigenvalue weighted by Crippen LogP contribution is 2.10. The van der Waals surface area contributed by atoms with Crippen LogP contribution in [0.15, 0.2) is 48.0 Å². The molecule has 0 atom stereocenters. The van der Waals surface area contributed by atoms with Crippen LogP contribution in [0.5, 0.6) is 0 Å². The number of hydrogen-bond donors (Lipinski definition) is 2. The molecule has 0 saturated heterocycles. The lowest BCUT2D eigenvalue weighted by Gasteiger charge is -2.22. The summed E-state index contributed by atoms with van der Waals surface area (Å²) in [6.07, 6.45) is 3.91. The normalized spacial score (nSPS) is 11.4. The van der Waals surface area contributed by atoms with E-state index in [2.05, 4.69) is 20.6 Å². The number of ether oxygens (including phenoxy) is 2. The monoisotopic (exact) mass is 429 g/mol. The molecule has 0 aliphatic carbocycles. The van der Waals surface area contributed by atoms with Crippen molar-refractivity contribution >= 4 is 18.1 Å². The van der Waals surface area contributed by atoms with Crippen LogP contribution in [-0.4, -0.2) is 38.9 Å². The minimum atomic E-state index is -0.726. The van der Waals surface area contributed by atoms with E-state index in [9.17, 15) is 9.59 Å². The topological polar surface area (TPSA) is 107 Å². The molecule has 2 amide bonds. The van der Waals surface area contributed by atoms with Gasteiger partial charge in [-0.25, -0.2) is 19.6 Å². The summed E-state index contributed by atoms with van der Waals surface area (Å²) >= 11 is 0. The number of benzene rings is 1. The van der Waals surface area contributed by atoms with Crippen molar-refractivity contribution in [3.05, 3.63) is 54.1 Å². The molecule has 31 heavy (non-hydrogen) atoms. The van der Waals surface area contributed by atoms with Gasteiger partial charge < -0.3 is 14.0 Å². The van der Waals surface area contributed by atoms with Gasteiger partial charge in [-0.2, -0.15) is 0 Å².